The van der Waals surface area contributed by atoms with E-state index in [2.05, 4.69) is 9.97 Å². The Balaban J connectivity index is 1.93. The molecule has 1 aromatic heterocycles. The first-order valence-corrected chi connectivity index (χ1v) is 7.92. The zero-order valence-electron chi connectivity index (χ0n) is 13.4. The van der Waals surface area contributed by atoms with Crippen LogP contribution in [0, 0.1) is 0 Å². The van der Waals surface area contributed by atoms with E-state index in [1.807, 2.05) is 30.3 Å². The number of hydrogen-bond acceptors (Lipinski definition) is 4. The van der Waals surface area contributed by atoms with Crippen molar-refractivity contribution in [3.63, 3.8) is 0 Å². The predicted molar refractivity (Wildman–Crippen MR) is 95.2 cm³/mol. The number of ether oxygens (including phenoxy) is 1. The van der Waals surface area contributed by atoms with Gasteiger partial charge in [-0.05, 0) is 35.9 Å². The average Bonchev–Trinajstić information content (AvgIpc) is 2.63. The Morgan fingerprint density at radius 3 is 2.72 bits per heavy atom. The van der Waals surface area contributed by atoms with Gasteiger partial charge in [-0.25, -0.2) is 14.8 Å². The third-order valence-electron chi connectivity index (χ3n) is 3.75. The summed E-state index contributed by atoms with van der Waals surface area (Å²) in [5, 5.41) is 9.40. The van der Waals surface area contributed by atoms with Gasteiger partial charge in [0.05, 0.1) is 23.4 Å². The molecule has 0 aliphatic heterocycles. The third kappa shape index (κ3) is 3.78. The smallest absolute Gasteiger partial charge is 0.337 e. The summed E-state index contributed by atoms with van der Waals surface area (Å²) in [4.78, 5) is 19.8. The molecule has 2 aromatic carbocycles. The molecule has 0 aliphatic carbocycles. The van der Waals surface area contributed by atoms with Gasteiger partial charge >= 0.3 is 5.97 Å². The zero-order chi connectivity index (χ0) is 17.8. The molecule has 0 bridgehead atoms. The fourth-order valence-electron chi connectivity index (χ4n) is 2.55. The molecule has 6 heteroatoms. The highest BCUT2D eigenvalue weighted by molar-refractivity contribution is 6.33. The number of benzene rings is 2. The number of aromatic carboxylic acids is 1. The third-order valence-corrected chi connectivity index (χ3v) is 4.08. The predicted octanol–water partition coefficient (Wildman–Crippen LogP) is 4.09. The first-order valence-electron chi connectivity index (χ1n) is 7.54. The molecule has 0 amide bonds. The van der Waals surface area contributed by atoms with Crippen LogP contribution in [0.25, 0.3) is 11.3 Å². The van der Waals surface area contributed by atoms with Crippen molar-refractivity contribution in [2.24, 2.45) is 0 Å². The van der Waals surface area contributed by atoms with E-state index >= 15 is 0 Å². The molecule has 0 spiro atoms. The van der Waals surface area contributed by atoms with Crippen LogP contribution in [0.2, 0.25) is 5.02 Å². The molecule has 0 fully saturated rings. The number of rotatable bonds is 5. The van der Waals surface area contributed by atoms with Gasteiger partial charge in [-0.3, -0.25) is 0 Å². The lowest BCUT2D eigenvalue weighted by atomic mass is 10.0. The minimum Gasteiger partial charge on any atom is -0.496 e. The first-order chi connectivity index (χ1) is 12.1. The van der Waals surface area contributed by atoms with Crippen molar-refractivity contribution < 1.29 is 14.6 Å². The van der Waals surface area contributed by atoms with E-state index in [1.54, 1.807) is 25.3 Å². The normalized spacial score (nSPS) is 10.5. The summed E-state index contributed by atoms with van der Waals surface area (Å²) in [5.41, 5.74) is 3.28. The molecular weight excluding hydrogens is 340 g/mol. The molecule has 3 aromatic rings. The highest BCUT2D eigenvalue weighted by atomic mass is 35.5. The van der Waals surface area contributed by atoms with Gasteiger partial charge < -0.3 is 9.84 Å². The molecule has 0 unspecified atom stereocenters. The van der Waals surface area contributed by atoms with Crippen LogP contribution in [-0.2, 0) is 6.42 Å². The lowest BCUT2D eigenvalue weighted by Gasteiger charge is -2.09. The second-order valence-electron chi connectivity index (χ2n) is 5.39. The molecule has 126 valence electrons. The second-order valence-corrected chi connectivity index (χ2v) is 5.80. The Kier molecular flexibility index (Phi) is 4.95. The number of aromatic nitrogens is 2. The summed E-state index contributed by atoms with van der Waals surface area (Å²) in [5.74, 6) is -0.323. The van der Waals surface area contributed by atoms with Crippen molar-refractivity contribution in [3.8, 4) is 17.0 Å². The lowest BCUT2D eigenvalue weighted by molar-refractivity contribution is 0.0697. The van der Waals surface area contributed by atoms with E-state index in [9.17, 15) is 9.90 Å². The SMILES string of the molecule is COc1ccccc1-c1cc(Cc2ccc(Cl)c(C(=O)O)c2)ncn1. The average molecular weight is 355 g/mol. The summed E-state index contributed by atoms with van der Waals surface area (Å²) >= 11 is 5.91. The van der Waals surface area contributed by atoms with Crippen molar-refractivity contribution in [1.82, 2.24) is 9.97 Å². The van der Waals surface area contributed by atoms with Gasteiger partial charge in [0.15, 0.2) is 0 Å². The van der Waals surface area contributed by atoms with Gasteiger partial charge in [-0.1, -0.05) is 29.8 Å². The molecule has 3 rings (SSSR count). The summed E-state index contributed by atoms with van der Waals surface area (Å²) in [6.07, 6.45) is 1.97. The van der Waals surface area contributed by atoms with Gasteiger partial charge in [0.1, 0.15) is 12.1 Å². The van der Waals surface area contributed by atoms with Crippen LogP contribution in [0.3, 0.4) is 0 Å². The molecule has 1 heterocycles. The number of nitrogens with zero attached hydrogens (tertiary/aromatic N) is 2. The van der Waals surface area contributed by atoms with Crippen LogP contribution in [-0.4, -0.2) is 28.2 Å². The Morgan fingerprint density at radius 2 is 1.96 bits per heavy atom. The Morgan fingerprint density at radius 1 is 1.16 bits per heavy atom. The van der Waals surface area contributed by atoms with Crippen LogP contribution >= 0.6 is 11.6 Å². The summed E-state index contributed by atoms with van der Waals surface area (Å²) in [6.45, 7) is 0. The van der Waals surface area contributed by atoms with E-state index in [4.69, 9.17) is 16.3 Å². The van der Waals surface area contributed by atoms with Crippen LogP contribution < -0.4 is 4.74 Å². The maximum absolute atomic E-state index is 11.2. The number of halogens is 1. The molecule has 25 heavy (non-hydrogen) atoms. The first kappa shape index (κ1) is 16.9. The zero-order valence-corrected chi connectivity index (χ0v) is 14.2. The van der Waals surface area contributed by atoms with Gasteiger partial charge in [0, 0.05) is 17.7 Å². The van der Waals surface area contributed by atoms with Gasteiger partial charge in [0.2, 0.25) is 0 Å². The number of hydrogen-bond donors (Lipinski definition) is 1. The molecule has 1 N–H and O–H groups in total. The highest BCUT2D eigenvalue weighted by Gasteiger charge is 2.11. The highest BCUT2D eigenvalue weighted by Crippen LogP contribution is 2.28. The van der Waals surface area contributed by atoms with E-state index < -0.39 is 5.97 Å². The second kappa shape index (κ2) is 7.32. The minimum absolute atomic E-state index is 0.0816. The van der Waals surface area contributed by atoms with Crippen molar-refractivity contribution in [3.05, 3.63) is 76.7 Å². The number of para-hydroxylation sites is 1. The molecule has 0 radical (unpaired) electrons. The molecule has 0 saturated heterocycles. The van der Waals surface area contributed by atoms with Crippen LogP contribution in [0.4, 0.5) is 0 Å². The summed E-state index contributed by atoms with van der Waals surface area (Å²) in [6, 6.07) is 14.4. The fraction of sp³-hybridized carbons (Fsp3) is 0.105. The van der Waals surface area contributed by atoms with E-state index in [0.29, 0.717) is 6.42 Å². The Hall–Kier alpha value is -2.92. The van der Waals surface area contributed by atoms with Crippen LogP contribution in [0.1, 0.15) is 21.6 Å². The van der Waals surface area contributed by atoms with Crippen molar-refractivity contribution in [2.45, 2.75) is 6.42 Å². The lowest BCUT2D eigenvalue weighted by Crippen LogP contribution is -2.01. The van der Waals surface area contributed by atoms with Gasteiger partial charge in [-0.2, -0.15) is 0 Å². The minimum atomic E-state index is -1.05. The largest absolute Gasteiger partial charge is 0.496 e. The van der Waals surface area contributed by atoms with E-state index in [1.165, 1.54) is 6.33 Å². The summed E-state index contributed by atoms with van der Waals surface area (Å²) < 4.78 is 5.37. The van der Waals surface area contributed by atoms with Gasteiger partial charge in [-0.15, -0.1) is 0 Å². The van der Waals surface area contributed by atoms with Crippen LogP contribution in [0.5, 0.6) is 5.75 Å². The number of methoxy groups -OCH3 is 1. The molecule has 0 aliphatic rings. The quantitative estimate of drug-likeness (QED) is 0.747. The van der Waals surface area contributed by atoms with Gasteiger partial charge in [0.25, 0.3) is 0 Å². The van der Waals surface area contributed by atoms with Crippen LogP contribution in [0.15, 0.2) is 54.9 Å². The maximum Gasteiger partial charge on any atom is 0.337 e. The van der Waals surface area contributed by atoms with Crippen molar-refractivity contribution in [2.75, 3.05) is 7.11 Å². The van der Waals surface area contributed by atoms with Crippen molar-refractivity contribution >= 4 is 17.6 Å². The van der Waals surface area contributed by atoms with E-state index in [0.717, 1.165) is 28.3 Å². The number of carboxylic acid groups (broad SMARTS) is 1. The molecule has 0 saturated carbocycles. The summed E-state index contributed by atoms with van der Waals surface area (Å²) in [7, 11) is 1.61. The monoisotopic (exact) mass is 354 g/mol. The standard InChI is InChI=1S/C19H15ClN2O3/c1-25-18-5-3-2-4-14(18)17-10-13(21-11-22-17)8-12-6-7-16(20)15(9-12)19(23)24/h2-7,9-11H,8H2,1H3,(H,23,24). The molecule has 0 atom stereocenters. The number of carbonyl (C=O) groups is 1. The fourth-order valence-corrected chi connectivity index (χ4v) is 2.75. The molecular formula is C19H15ClN2O3. The topological polar surface area (TPSA) is 72.3 Å². The number of carboxylic acids is 1. The maximum atomic E-state index is 11.2. The van der Waals surface area contributed by atoms with E-state index in [-0.39, 0.29) is 10.6 Å². The Bertz CT molecular complexity index is 928. The van der Waals surface area contributed by atoms with Crippen molar-refractivity contribution in [1.29, 1.82) is 0 Å². The Labute approximate surface area is 149 Å². The molecule has 5 nitrogen and oxygen atoms in total.